The highest BCUT2D eigenvalue weighted by Gasteiger charge is 2.06. The second-order valence-corrected chi connectivity index (χ2v) is 5.31. The zero-order valence-electron chi connectivity index (χ0n) is 12.2. The summed E-state index contributed by atoms with van der Waals surface area (Å²) in [5.41, 5.74) is 13.2. The van der Waals surface area contributed by atoms with Gasteiger partial charge in [-0.25, -0.2) is 0 Å². The van der Waals surface area contributed by atoms with E-state index in [1.54, 1.807) is 0 Å². The molecule has 0 aromatic heterocycles. The predicted molar refractivity (Wildman–Crippen MR) is 83.6 cm³/mol. The lowest BCUT2D eigenvalue weighted by Gasteiger charge is -2.21. The fraction of sp³-hybridized carbons (Fsp3) is 0.294. The van der Waals surface area contributed by atoms with Crippen molar-refractivity contribution in [3.05, 3.63) is 58.7 Å². The highest BCUT2D eigenvalue weighted by Crippen LogP contribution is 2.21. The van der Waals surface area contributed by atoms with E-state index in [4.69, 9.17) is 5.73 Å². The minimum atomic E-state index is 0.805. The Morgan fingerprint density at radius 3 is 2.11 bits per heavy atom. The van der Waals surface area contributed by atoms with Crippen molar-refractivity contribution in [2.24, 2.45) is 0 Å². The van der Waals surface area contributed by atoms with E-state index in [9.17, 15) is 0 Å². The highest BCUT2D eigenvalue weighted by atomic mass is 15.1. The standard InChI is InChI=1S/C17H22N2/c1-12-9-14(3)15(10-13(12)2)11-19(4)17-7-5-16(18)6-8-17/h5-10H,11,18H2,1-4H3. The SMILES string of the molecule is Cc1cc(C)c(CN(C)c2ccc(N)cc2)cc1C. The summed E-state index contributed by atoms with van der Waals surface area (Å²) in [7, 11) is 2.11. The van der Waals surface area contributed by atoms with Crippen LogP contribution < -0.4 is 10.6 Å². The summed E-state index contributed by atoms with van der Waals surface area (Å²) < 4.78 is 0. The monoisotopic (exact) mass is 254 g/mol. The molecule has 0 radical (unpaired) electrons. The minimum absolute atomic E-state index is 0.805. The third kappa shape index (κ3) is 3.08. The van der Waals surface area contributed by atoms with Crippen molar-refractivity contribution in [3.8, 4) is 0 Å². The molecule has 2 aromatic carbocycles. The molecule has 2 nitrogen and oxygen atoms in total. The van der Waals surface area contributed by atoms with Crippen LogP contribution in [0.5, 0.6) is 0 Å². The van der Waals surface area contributed by atoms with E-state index >= 15 is 0 Å². The van der Waals surface area contributed by atoms with Gasteiger partial charge in [0.05, 0.1) is 0 Å². The van der Waals surface area contributed by atoms with Crippen LogP contribution >= 0.6 is 0 Å². The smallest absolute Gasteiger partial charge is 0.0428 e. The molecule has 0 saturated carbocycles. The lowest BCUT2D eigenvalue weighted by Crippen LogP contribution is -2.17. The summed E-state index contributed by atoms with van der Waals surface area (Å²) >= 11 is 0. The van der Waals surface area contributed by atoms with E-state index in [-0.39, 0.29) is 0 Å². The average molecular weight is 254 g/mol. The minimum Gasteiger partial charge on any atom is -0.399 e. The van der Waals surface area contributed by atoms with Crippen LogP contribution in [0.1, 0.15) is 22.3 Å². The van der Waals surface area contributed by atoms with Crippen LogP contribution in [0.3, 0.4) is 0 Å². The fourth-order valence-electron chi connectivity index (χ4n) is 2.27. The molecule has 0 amide bonds. The summed E-state index contributed by atoms with van der Waals surface area (Å²) in [6, 6.07) is 12.6. The predicted octanol–water partition coefficient (Wildman–Crippen LogP) is 3.83. The first-order chi connectivity index (χ1) is 8.97. The van der Waals surface area contributed by atoms with Gasteiger partial charge in [-0.05, 0) is 67.3 Å². The number of hydrogen-bond acceptors (Lipinski definition) is 2. The van der Waals surface area contributed by atoms with Crippen molar-refractivity contribution < 1.29 is 0 Å². The Labute approximate surface area is 115 Å². The molecule has 0 bridgehead atoms. The van der Waals surface area contributed by atoms with Gasteiger partial charge in [-0.2, -0.15) is 0 Å². The van der Waals surface area contributed by atoms with Crippen LogP contribution in [-0.4, -0.2) is 7.05 Å². The van der Waals surface area contributed by atoms with Crippen molar-refractivity contribution in [1.29, 1.82) is 0 Å². The molecule has 0 aliphatic carbocycles. The number of nitrogens with two attached hydrogens (primary N) is 1. The summed E-state index contributed by atoms with van der Waals surface area (Å²) in [4.78, 5) is 2.25. The molecule has 0 heterocycles. The maximum Gasteiger partial charge on any atom is 0.0428 e. The molecule has 0 spiro atoms. The first-order valence-corrected chi connectivity index (χ1v) is 6.61. The van der Waals surface area contributed by atoms with Gasteiger partial charge in [-0.1, -0.05) is 12.1 Å². The number of aryl methyl sites for hydroxylation is 3. The third-order valence-electron chi connectivity index (χ3n) is 3.69. The van der Waals surface area contributed by atoms with Crippen molar-refractivity contribution in [2.75, 3.05) is 17.7 Å². The van der Waals surface area contributed by atoms with E-state index in [1.165, 1.54) is 27.9 Å². The molecule has 0 fully saturated rings. The van der Waals surface area contributed by atoms with Crippen LogP contribution in [0.4, 0.5) is 11.4 Å². The van der Waals surface area contributed by atoms with Crippen molar-refractivity contribution in [1.82, 2.24) is 0 Å². The van der Waals surface area contributed by atoms with Crippen LogP contribution in [0, 0.1) is 20.8 Å². The fourth-order valence-corrected chi connectivity index (χ4v) is 2.27. The Kier molecular flexibility index (Phi) is 3.79. The van der Waals surface area contributed by atoms with E-state index < -0.39 is 0 Å². The van der Waals surface area contributed by atoms with E-state index in [2.05, 4.69) is 57.0 Å². The molecule has 19 heavy (non-hydrogen) atoms. The van der Waals surface area contributed by atoms with Crippen LogP contribution in [0.15, 0.2) is 36.4 Å². The van der Waals surface area contributed by atoms with E-state index in [1.807, 2.05) is 12.1 Å². The van der Waals surface area contributed by atoms with Crippen LogP contribution in [-0.2, 0) is 6.54 Å². The topological polar surface area (TPSA) is 29.3 Å². The normalized spacial score (nSPS) is 10.5. The van der Waals surface area contributed by atoms with E-state index in [0.717, 1.165) is 12.2 Å². The Balaban J connectivity index is 2.21. The van der Waals surface area contributed by atoms with Crippen molar-refractivity contribution in [3.63, 3.8) is 0 Å². The van der Waals surface area contributed by atoms with Crippen molar-refractivity contribution in [2.45, 2.75) is 27.3 Å². The van der Waals surface area contributed by atoms with Gasteiger partial charge < -0.3 is 10.6 Å². The summed E-state index contributed by atoms with van der Waals surface area (Å²) in [6.45, 7) is 7.42. The van der Waals surface area contributed by atoms with Crippen molar-refractivity contribution >= 4 is 11.4 Å². The lowest BCUT2D eigenvalue weighted by molar-refractivity contribution is 0.911. The summed E-state index contributed by atoms with van der Waals surface area (Å²) in [6.07, 6.45) is 0. The molecule has 2 heteroatoms. The van der Waals surface area contributed by atoms with Gasteiger partial charge in [-0.3, -0.25) is 0 Å². The number of hydrogen-bond donors (Lipinski definition) is 1. The molecule has 0 aliphatic heterocycles. The number of nitrogen functional groups attached to an aromatic ring is 1. The Morgan fingerprint density at radius 1 is 0.895 bits per heavy atom. The van der Waals surface area contributed by atoms with Gasteiger partial charge in [0.2, 0.25) is 0 Å². The van der Waals surface area contributed by atoms with Gasteiger partial charge in [0, 0.05) is 25.0 Å². The highest BCUT2D eigenvalue weighted by molar-refractivity contribution is 5.53. The van der Waals surface area contributed by atoms with Crippen LogP contribution in [0.25, 0.3) is 0 Å². The molecule has 0 unspecified atom stereocenters. The Hall–Kier alpha value is -1.96. The molecule has 2 rings (SSSR count). The van der Waals surface area contributed by atoms with Crippen LogP contribution in [0.2, 0.25) is 0 Å². The second-order valence-electron chi connectivity index (χ2n) is 5.31. The molecule has 100 valence electrons. The first kappa shape index (κ1) is 13.5. The molecule has 0 atom stereocenters. The molecule has 0 saturated heterocycles. The third-order valence-corrected chi connectivity index (χ3v) is 3.69. The number of benzene rings is 2. The maximum atomic E-state index is 5.72. The summed E-state index contributed by atoms with van der Waals surface area (Å²) in [5, 5.41) is 0. The number of rotatable bonds is 3. The van der Waals surface area contributed by atoms with Gasteiger partial charge in [0.25, 0.3) is 0 Å². The quantitative estimate of drug-likeness (QED) is 0.843. The zero-order chi connectivity index (χ0) is 14.0. The zero-order valence-corrected chi connectivity index (χ0v) is 12.2. The van der Waals surface area contributed by atoms with Gasteiger partial charge >= 0.3 is 0 Å². The number of nitrogens with zero attached hydrogens (tertiary/aromatic N) is 1. The molecule has 2 aromatic rings. The summed E-state index contributed by atoms with van der Waals surface area (Å²) in [5.74, 6) is 0. The lowest BCUT2D eigenvalue weighted by atomic mass is 10.0. The first-order valence-electron chi connectivity index (χ1n) is 6.61. The van der Waals surface area contributed by atoms with Gasteiger partial charge in [-0.15, -0.1) is 0 Å². The molecular weight excluding hydrogens is 232 g/mol. The largest absolute Gasteiger partial charge is 0.399 e. The Bertz CT molecular complexity index is 571. The Morgan fingerprint density at radius 2 is 1.47 bits per heavy atom. The molecular formula is C17H22N2. The van der Waals surface area contributed by atoms with Gasteiger partial charge in [0.1, 0.15) is 0 Å². The second kappa shape index (κ2) is 5.35. The maximum absolute atomic E-state index is 5.72. The average Bonchev–Trinajstić information content (AvgIpc) is 2.36. The molecule has 0 aliphatic rings. The molecule has 2 N–H and O–H groups in total. The number of anilines is 2. The van der Waals surface area contributed by atoms with Gasteiger partial charge in [0.15, 0.2) is 0 Å². The van der Waals surface area contributed by atoms with E-state index in [0.29, 0.717) is 0 Å².